The molecule has 1 aliphatic carbocycles. The molecule has 0 atom stereocenters. The minimum Gasteiger partial charge on any atom is -0.342 e. The van der Waals surface area contributed by atoms with Gasteiger partial charge in [-0.2, -0.15) is 0 Å². The van der Waals surface area contributed by atoms with Crippen LogP contribution in [-0.2, 0) is 4.79 Å². The number of rotatable bonds is 6. The molecule has 2 fully saturated rings. The summed E-state index contributed by atoms with van der Waals surface area (Å²) in [5.41, 5.74) is 1.19. The van der Waals surface area contributed by atoms with Gasteiger partial charge in [-0.1, -0.05) is 19.3 Å². The molecule has 1 aromatic carbocycles. The first-order valence-electron chi connectivity index (χ1n) is 12.3. The largest absolute Gasteiger partial charge is 0.342 e. The molecular formula is C25H34N4O4. The van der Waals surface area contributed by atoms with Gasteiger partial charge < -0.3 is 9.80 Å². The van der Waals surface area contributed by atoms with Crippen LogP contribution in [-0.4, -0.2) is 95.1 Å². The highest BCUT2D eigenvalue weighted by molar-refractivity contribution is 6.22. The van der Waals surface area contributed by atoms with E-state index in [1.165, 1.54) is 4.90 Å². The molecule has 2 heterocycles. The van der Waals surface area contributed by atoms with Crippen molar-refractivity contribution in [2.24, 2.45) is 0 Å². The van der Waals surface area contributed by atoms with E-state index in [1.54, 1.807) is 23.1 Å². The Bertz CT molecular complexity index is 928. The van der Waals surface area contributed by atoms with E-state index >= 15 is 0 Å². The van der Waals surface area contributed by atoms with Crippen LogP contribution in [0, 0.1) is 0 Å². The van der Waals surface area contributed by atoms with Crippen molar-refractivity contribution in [1.29, 1.82) is 0 Å². The first-order valence-corrected chi connectivity index (χ1v) is 12.3. The maximum atomic E-state index is 13.1. The third-order valence-electron chi connectivity index (χ3n) is 7.24. The summed E-state index contributed by atoms with van der Waals surface area (Å²) in [6.07, 6.45) is 4.94. The summed E-state index contributed by atoms with van der Waals surface area (Å²) >= 11 is 0. The van der Waals surface area contributed by atoms with Crippen LogP contribution in [0.1, 0.15) is 77.0 Å². The topological polar surface area (TPSA) is 81.2 Å². The Hall–Kier alpha value is -2.74. The lowest BCUT2D eigenvalue weighted by Gasteiger charge is -2.35. The van der Waals surface area contributed by atoms with Crippen molar-refractivity contribution in [3.05, 3.63) is 34.9 Å². The van der Waals surface area contributed by atoms with Crippen LogP contribution in [0.5, 0.6) is 0 Å². The van der Waals surface area contributed by atoms with Crippen molar-refractivity contribution >= 4 is 23.6 Å². The summed E-state index contributed by atoms with van der Waals surface area (Å²) in [6.45, 7) is 8.05. The fraction of sp³-hybridized carbons (Fsp3) is 0.600. The number of piperazine rings is 1. The van der Waals surface area contributed by atoms with Gasteiger partial charge in [-0.25, -0.2) is 0 Å². The minimum absolute atomic E-state index is 0.0302. The van der Waals surface area contributed by atoms with Crippen molar-refractivity contribution in [1.82, 2.24) is 19.6 Å². The standard InChI is InChI=1S/C25H34N4O4/c1-3-27(4-2)22(30)17-26-12-14-28(15-13-26)23(31)18-10-11-20-21(16-18)25(33)29(24(20)32)19-8-6-5-7-9-19/h10-11,16,19H,3-9,12-15,17H2,1-2H3. The summed E-state index contributed by atoms with van der Waals surface area (Å²) < 4.78 is 0. The van der Waals surface area contributed by atoms with Gasteiger partial charge in [0.2, 0.25) is 5.91 Å². The average molecular weight is 455 g/mol. The fourth-order valence-corrected chi connectivity index (χ4v) is 5.22. The van der Waals surface area contributed by atoms with Crippen molar-refractivity contribution in [2.75, 3.05) is 45.8 Å². The lowest BCUT2D eigenvalue weighted by molar-refractivity contribution is -0.132. The SMILES string of the molecule is CCN(CC)C(=O)CN1CCN(C(=O)c2ccc3c(c2)C(=O)N(C2CCCCC2)C3=O)CC1. The van der Waals surface area contributed by atoms with E-state index in [4.69, 9.17) is 0 Å². The van der Waals surface area contributed by atoms with Gasteiger partial charge in [0.15, 0.2) is 0 Å². The Morgan fingerprint density at radius 3 is 2.18 bits per heavy atom. The monoisotopic (exact) mass is 454 g/mol. The van der Waals surface area contributed by atoms with E-state index in [2.05, 4.69) is 4.90 Å². The van der Waals surface area contributed by atoms with Crippen molar-refractivity contribution in [3.63, 3.8) is 0 Å². The number of carbonyl (C=O) groups excluding carboxylic acids is 4. The van der Waals surface area contributed by atoms with Crippen LogP contribution in [0.15, 0.2) is 18.2 Å². The zero-order chi connectivity index (χ0) is 23.5. The predicted molar refractivity (Wildman–Crippen MR) is 124 cm³/mol. The molecule has 8 nitrogen and oxygen atoms in total. The van der Waals surface area contributed by atoms with E-state index in [0.29, 0.717) is 62.5 Å². The number of imide groups is 1. The van der Waals surface area contributed by atoms with Gasteiger partial charge in [-0.15, -0.1) is 0 Å². The molecule has 4 amide bonds. The van der Waals surface area contributed by atoms with E-state index < -0.39 is 0 Å². The van der Waals surface area contributed by atoms with Crippen LogP contribution in [0.2, 0.25) is 0 Å². The number of fused-ring (bicyclic) bond motifs is 1. The molecule has 3 aliphatic rings. The number of carbonyl (C=O) groups is 4. The zero-order valence-corrected chi connectivity index (χ0v) is 19.7. The quantitative estimate of drug-likeness (QED) is 0.616. The van der Waals surface area contributed by atoms with Gasteiger partial charge in [0.25, 0.3) is 17.7 Å². The lowest BCUT2D eigenvalue weighted by atomic mass is 9.94. The Morgan fingerprint density at radius 2 is 1.55 bits per heavy atom. The van der Waals surface area contributed by atoms with Gasteiger partial charge in [-0.3, -0.25) is 29.0 Å². The first kappa shape index (κ1) is 23.4. The molecule has 0 N–H and O–H groups in total. The highest BCUT2D eigenvalue weighted by Crippen LogP contribution is 2.31. The van der Waals surface area contributed by atoms with E-state index in [-0.39, 0.29) is 29.7 Å². The van der Waals surface area contributed by atoms with Gasteiger partial charge in [-0.05, 0) is 44.9 Å². The van der Waals surface area contributed by atoms with Crippen LogP contribution in [0.3, 0.4) is 0 Å². The number of benzene rings is 1. The molecule has 1 saturated carbocycles. The Kier molecular flexibility index (Phi) is 7.12. The summed E-state index contributed by atoms with van der Waals surface area (Å²) in [5.74, 6) is -0.517. The molecular weight excluding hydrogens is 420 g/mol. The number of amides is 4. The molecule has 1 aromatic rings. The van der Waals surface area contributed by atoms with E-state index in [9.17, 15) is 19.2 Å². The van der Waals surface area contributed by atoms with Crippen LogP contribution >= 0.6 is 0 Å². The highest BCUT2D eigenvalue weighted by Gasteiger charge is 2.40. The predicted octanol–water partition coefficient (Wildman–Crippen LogP) is 2.24. The Labute approximate surface area is 195 Å². The number of hydrogen-bond donors (Lipinski definition) is 0. The van der Waals surface area contributed by atoms with Crippen LogP contribution < -0.4 is 0 Å². The molecule has 8 heteroatoms. The molecule has 0 unspecified atom stereocenters. The summed E-state index contributed by atoms with van der Waals surface area (Å²) in [7, 11) is 0. The number of nitrogens with zero attached hydrogens (tertiary/aromatic N) is 4. The van der Waals surface area contributed by atoms with E-state index in [0.717, 1.165) is 32.1 Å². The fourth-order valence-electron chi connectivity index (χ4n) is 5.22. The second kappa shape index (κ2) is 10.0. The highest BCUT2D eigenvalue weighted by atomic mass is 16.2. The number of hydrogen-bond acceptors (Lipinski definition) is 5. The first-order chi connectivity index (χ1) is 15.9. The van der Waals surface area contributed by atoms with Crippen LogP contribution in [0.4, 0.5) is 0 Å². The summed E-state index contributed by atoms with van der Waals surface area (Å²) in [6, 6.07) is 4.85. The molecule has 0 spiro atoms. The summed E-state index contributed by atoms with van der Waals surface area (Å²) in [5, 5.41) is 0. The van der Waals surface area contributed by atoms with Gasteiger partial charge in [0.1, 0.15) is 0 Å². The molecule has 178 valence electrons. The van der Waals surface area contributed by atoms with Gasteiger partial charge in [0, 0.05) is 50.9 Å². The van der Waals surface area contributed by atoms with E-state index in [1.807, 2.05) is 18.7 Å². The molecule has 4 rings (SSSR count). The smallest absolute Gasteiger partial charge is 0.261 e. The maximum Gasteiger partial charge on any atom is 0.261 e. The molecule has 0 aromatic heterocycles. The lowest BCUT2D eigenvalue weighted by Crippen LogP contribution is -2.51. The third kappa shape index (κ3) is 4.67. The molecule has 0 bridgehead atoms. The van der Waals surface area contributed by atoms with Gasteiger partial charge in [0.05, 0.1) is 17.7 Å². The van der Waals surface area contributed by atoms with Crippen molar-refractivity contribution in [3.8, 4) is 0 Å². The molecule has 1 saturated heterocycles. The maximum absolute atomic E-state index is 13.1. The number of likely N-dealkylation sites (N-methyl/N-ethyl adjacent to an activating group) is 1. The zero-order valence-electron chi connectivity index (χ0n) is 19.7. The van der Waals surface area contributed by atoms with Gasteiger partial charge >= 0.3 is 0 Å². The van der Waals surface area contributed by atoms with Crippen molar-refractivity contribution < 1.29 is 19.2 Å². The Balaban J connectivity index is 1.39. The average Bonchev–Trinajstić information content (AvgIpc) is 3.09. The molecule has 0 radical (unpaired) electrons. The van der Waals surface area contributed by atoms with Crippen LogP contribution in [0.25, 0.3) is 0 Å². The second-order valence-corrected chi connectivity index (χ2v) is 9.17. The second-order valence-electron chi connectivity index (χ2n) is 9.17. The molecule has 2 aliphatic heterocycles. The Morgan fingerprint density at radius 1 is 0.909 bits per heavy atom. The molecule has 33 heavy (non-hydrogen) atoms. The van der Waals surface area contributed by atoms with Crippen molar-refractivity contribution in [2.45, 2.75) is 52.0 Å². The normalized spacial score (nSPS) is 19.7. The summed E-state index contributed by atoms with van der Waals surface area (Å²) in [4.78, 5) is 58.5. The minimum atomic E-state index is -0.267. The third-order valence-corrected chi connectivity index (χ3v) is 7.24.